The molecule has 0 saturated heterocycles. The Balaban J connectivity index is 3.07. The summed E-state index contributed by atoms with van der Waals surface area (Å²) in [6, 6.07) is 7.80. The van der Waals surface area contributed by atoms with E-state index in [-0.39, 0.29) is 24.2 Å². The van der Waals surface area contributed by atoms with Gasteiger partial charge in [0.25, 0.3) is 0 Å². The first kappa shape index (κ1) is 30.4. The van der Waals surface area contributed by atoms with Crippen molar-refractivity contribution in [2.45, 2.75) is 53.0 Å². The number of rotatable bonds is 14. The van der Waals surface area contributed by atoms with E-state index in [0.717, 1.165) is 5.57 Å². The summed E-state index contributed by atoms with van der Waals surface area (Å²) in [5.74, 6) is -0.850. The molecule has 0 radical (unpaired) electrons. The normalized spacial score (nSPS) is 13.2. The molecular formula is C28H39N3O5. The lowest BCUT2D eigenvalue weighted by Crippen LogP contribution is -2.47. The largest absolute Gasteiger partial charge is 0.453 e. The van der Waals surface area contributed by atoms with Gasteiger partial charge in [0.05, 0.1) is 13.7 Å². The van der Waals surface area contributed by atoms with Gasteiger partial charge in [0.15, 0.2) is 0 Å². The van der Waals surface area contributed by atoms with Gasteiger partial charge >= 0.3 is 6.09 Å². The molecule has 0 aromatic heterocycles. The number of Topliss-reactive ketones (excluding diaryl/α,β-unsaturated/α-hetero) is 1. The maximum absolute atomic E-state index is 13.5. The highest BCUT2D eigenvalue weighted by atomic mass is 16.5. The van der Waals surface area contributed by atoms with Gasteiger partial charge in [0, 0.05) is 24.6 Å². The second kappa shape index (κ2) is 16.1. The van der Waals surface area contributed by atoms with Crippen LogP contribution in [0.15, 0.2) is 66.4 Å². The molecule has 8 nitrogen and oxygen atoms in total. The van der Waals surface area contributed by atoms with Crippen molar-refractivity contribution >= 4 is 23.7 Å². The van der Waals surface area contributed by atoms with E-state index in [1.165, 1.54) is 12.0 Å². The zero-order valence-corrected chi connectivity index (χ0v) is 22.0. The molecule has 2 unspecified atom stereocenters. The lowest BCUT2D eigenvalue weighted by molar-refractivity contribution is -0.137. The third kappa shape index (κ3) is 10.3. The molecule has 0 aliphatic carbocycles. The number of carbonyl (C=O) groups is 4. The van der Waals surface area contributed by atoms with Crippen molar-refractivity contribution in [3.05, 3.63) is 72.0 Å². The van der Waals surface area contributed by atoms with Crippen LogP contribution in [0.4, 0.5) is 4.79 Å². The Kier molecular flexibility index (Phi) is 13.6. The highest BCUT2D eigenvalue weighted by Gasteiger charge is 2.29. The number of benzene rings is 1. The number of nitrogens with one attached hydrogen (secondary N) is 2. The minimum Gasteiger partial charge on any atom is -0.453 e. The summed E-state index contributed by atoms with van der Waals surface area (Å²) in [5.41, 5.74) is 2.01. The molecule has 0 fully saturated rings. The maximum atomic E-state index is 13.5. The number of alkyl carbamates (subject to hydrolysis) is 1. The minimum atomic E-state index is -1.01. The summed E-state index contributed by atoms with van der Waals surface area (Å²) in [6.45, 7) is 11.1. The van der Waals surface area contributed by atoms with Crippen LogP contribution in [0.25, 0.3) is 0 Å². The molecule has 36 heavy (non-hydrogen) atoms. The molecule has 0 saturated carbocycles. The Morgan fingerprint density at radius 2 is 1.81 bits per heavy atom. The molecule has 1 aromatic carbocycles. The topological polar surface area (TPSA) is 105 Å². The van der Waals surface area contributed by atoms with Gasteiger partial charge in [-0.1, -0.05) is 62.4 Å². The fourth-order valence-corrected chi connectivity index (χ4v) is 3.35. The average Bonchev–Trinajstić information content (AvgIpc) is 2.88. The molecule has 0 aliphatic heterocycles. The SMILES string of the molecule is C=CCCCN(CC(=O)NC(C)=C(C)C=CC(C)C(=O)CC)C(=O)C(NC(=O)OC)c1ccccc1. The number of methoxy groups -OCH3 is 1. The quantitative estimate of drug-likeness (QED) is 0.224. The summed E-state index contributed by atoms with van der Waals surface area (Å²) in [5, 5.41) is 5.41. The van der Waals surface area contributed by atoms with Gasteiger partial charge < -0.3 is 20.3 Å². The number of carbonyl (C=O) groups excluding carboxylic acids is 4. The monoisotopic (exact) mass is 497 g/mol. The van der Waals surface area contributed by atoms with Crippen molar-refractivity contribution in [1.29, 1.82) is 0 Å². The van der Waals surface area contributed by atoms with Crippen LogP contribution in [0.1, 0.15) is 58.6 Å². The number of ether oxygens (including phenoxy) is 1. The average molecular weight is 498 g/mol. The summed E-state index contributed by atoms with van der Waals surface area (Å²) in [7, 11) is 1.22. The second-order valence-electron chi connectivity index (χ2n) is 8.49. The molecule has 0 bridgehead atoms. The zero-order chi connectivity index (χ0) is 27.1. The number of hydrogen-bond acceptors (Lipinski definition) is 5. The lowest BCUT2D eigenvalue weighted by atomic mass is 10.0. The third-order valence-electron chi connectivity index (χ3n) is 5.72. The Morgan fingerprint density at radius 1 is 1.14 bits per heavy atom. The summed E-state index contributed by atoms with van der Waals surface area (Å²) < 4.78 is 4.71. The van der Waals surface area contributed by atoms with E-state index in [2.05, 4.69) is 17.2 Å². The van der Waals surface area contributed by atoms with Crippen LogP contribution in [0, 0.1) is 5.92 Å². The van der Waals surface area contributed by atoms with Gasteiger partial charge in [-0.3, -0.25) is 14.4 Å². The van der Waals surface area contributed by atoms with Crippen molar-refractivity contribution in [3.63, 3.8) is 0 Å². The lowest BCUT2D eigenvalue weighted by Gasteiger charge is -2.27. The van der Waals surface area contributed by atoms with E-state index in [0.29, 0.717) is 37.1 Å². The van der Waals surface area contributed by atoms with E-state index in [9.17, 15) is 19.2 Å². The fraction of sp³-hybridized carbons (Fsp3) is 0.429. The molecule has 1 rings (SSSR count). The van der Waals surface area contributed by atoms with E-state index in [1.807, 2.05) is 39.0 Å². The molecule has 2 N–H and O–H groups in total. The molecule has 8 heteroatoms. The van der Waals surface area contributed by atoms with Crippen molar-refractivity contribution < 1.29 is 23.9 Å². The molecule has 0 heterocycles. The van der Waals surface area contributed by atoms with Crippen LogP contribution in [-0.2, 0) is 19.1 Å². The van der Waals surface area contributed by atoms with Crippen molar-refractivity contribution in [2.75, 3.05) is 20.2 Å². The number of nitrogens with zero attached hydrogens (tertiary/aromatic N) is 1. The number of allylic oxidation sites excluding steroid dienone is 5. The predicted octanol–water partition coefficient (Wildman–Crippen LogP) is 4.46. The Labute approximate surface area is 214 Å². The third-order valence-corrected chi connectivity index (χ3v) is 5.72. The summed E-state index contributed by atoms with van der Waals surface area (Å²) in [6.07, 6.45) is 6.37. The summed E-state index contributed by atoms with van der Waals surface area (Å²) in [4.78, 5) is 51.6. The van der Waals surface area contributed by atoms with Crippen LogP contribution in [0.5, 0.6) is 0 Å². The van der Waals surface area contributed by atoms with Gasteiger partial charge in [-0.2, -0.15) is 0 Å². The molecule has 2 atom stereocenters. The number of ketones is 1. The highest BCUT2D eigenvalue weighted by Crippen LogP contribution is 2.17. The standard InChI is InChI=1S/C28H39N3O5/c1-7-9-13-18-31(27(34)26(30-28(35)36-6)23-14-11-10-12-15-23)19-25(33)29-22(5)20(3)16-17-21(4)24(32)8-2/h7,10-12,14-17,21,26H,1,8-9,13,18-19H2,2-6H3,(H,29,33)(H,30,35). The first-order valence-electron chi connectivity index (χ1n) is 12.1. The highest BCUT2D eigenvalue weighted by molar-refractivity contribution is 5.90. The van der Waals surface area contributed by atoms with Crippen LogP contribution in [0.2, 0.25) is 0 Å². The summed E-state index contributed by atoms with van der Waals surface area (Å²) >= 11 is 0. The van der Waals surface area contributed by atoms with Crippen molar-refractivity contribution in [1.82, 2.24) is 15.5 Å². The van der Waals surface area contributed by atoms with Gasteiger partial charge in [-0.05, 0) is 37.8 Å². The Morgan fingerprint density at radius 3 is 2.39 bits per heavy atom. The van der Waals surface area contributed by atoms with Crippen LogP contribution in [-0.4, -0.2) is 48.8 Å². The number of amides is 3. The molecular weight excluding hydrogens is 458 g/mol. The molecule has 0 aliphatic rings. The van der Waals surface area contributed by atoms with E-state index < -0.39 is 18.0 Å². The first-order valence-corrected chi connectivity index (χ1v) is 12.1. The minimum absolute atomic E-state index is 0.142. The molecule has 1 aromatic rings. The molecule has 3 amide bonds. The van der Waals surface area contributed by atoms with E-state index in [1.54, 1.807) is 37.3 Å². The molecule has 0 spiro atoms. The fourth-order valence-electron chi connectivity index (χ4n) is 3.35. The Bertz CT molecular complexity index is 969. The van der Waals surface area contributed by atoms with E-state index >= 15 is 0 Å². The first-order chi connectivity index (χ1) is 17.1. The molecule has 196 valence electrons. The van der Waals surface area contributed by atoms with Gasteiger partial charge in [0.2, 0.25) is 11.8 Å². The van der Waals surface area contributed by atoms with Crippen molar-refractivity contribution in [2.24, 2.45) is 5.92 Å². The number of unbranched alkanes of at least 4 members (excludes halogenated alkanes) is 1. The van der Waals surface area contributed by atoms with Gasteiger partial charge in [-0.15, -0.1) is 6.58 Å². The van der Waals surface area contributed by atoms with Gasteiger partial charge in [-0.25, -0.2) is 4.79 Å². The van der Waals surface area contributed by atoms with Crippen molar-refractivity contribution in [3.8, 4) is 0 Å². The van der Waals surface area contributed by atoms with Gasteiger partial charge in [0.1, 0.15) is 11.8 Å². The van der Waals surface area contributed by atoms with Crippen LogP contribution < -0.4 is 10.6 Å². The zero-order valence-electron chi connectivity index (χ0n) is 22.0. The maximum Gasteiger partial charge on any atom is 0.407 e. The van der Waals surface area contributed by atoms with E-state index in [4.69, 9.17) is 4.74 Å². The second-order valence-corrected chi connectivity index (χ2v) is 8.49. The predicted molar refractivity (Wildman–Crippen MR) is 141 cm³/mol. The van der Waals surface area contributed by atoms with Crippen LogP contribution in [0.3, 0.4) is 0 Å². The van der Waals surface area contributed by atoms with Crippen LogP contribution >= 0.6 is 0 Å². The smallest absolute Gasteiger partial charge is 0.407 e. The Hall–Kier alpha value is -3.68. The number of hydrogen-bond donors (Lipinski definition) is 2.